The van der Waals surface area contributed by atoms with Crippen molar-refractivity contribution in [3.8, 4) is 0 Å². The summed E-state index contributed by atoms with van der Waals surface area (Å²) in [6.45, 7) is 0.473. The standard InChI is InChI=1S/C16H29N5O8S/c1-7(23)12(21-13(25)8(17)6-22)15(27)20-10(5-11(18)24)14(26)19-9(16(28)29)3-4-30-2/h7-10,12,22-23H,3-6,17H2,1-2H3,(H2,18,24)(H,19,26)(H,20,27)(H,21,25)(H,28,29). The summed E-state index contributed by atoms with van der Waals surface area (Å²) in [5, 5.41) is 34.4. The van der Waals surface area contributed by atoms with Crippen LogP contribution in [0.2, 0.25) is 0 Å². The molecule has 14 heteroatoms. The third-order valence-corrected chi connectivity index (χ3v) is 4.50. The molecule has 0 rings (SSSR count). The van der Waals surface area contributed by atoms with Crippen molar-refractivity contribution in [1.29, 1.82) is 0 Å². The van der Waals surface area contributed by atoms with E-state index in [2.05, 4.69) is 16.0 Å². The van der Waals surface area contributed by atoms with E-state index < -0.39 is 72.9 Å². The molecule has 5 unspecified atom stereocenters. The number of aliphatic carboxylic acids is 1. The van der Waals surface area contributed by atoms with Crippen molar-refractivity contribution in [1.82, 2.24) is 16.0 Å². The van der Waals surface area contributed by atoms with Crippen LogP contribution in [0.15, 0.2) is 0 Å². The molecule has 10 N–H and O–H groups in total. The minimum atomic E-state index is -1.56. The Bertz CT molecular complexity index is 633. The van der Waals surface area contributed by atoms with Gasteiger partial charge in [-0.15, -0.1) is 0 Å². The van der Waals surface area contributed by atoms with Gasteiger partial charge in [0.1, 0.15) is 24.2 Å². The zero-order valence-corrected chi connectivity index (χ0v) is 17.5. The van der Waals surface area contributed by atoms with Gasteiger partial charge in [0.25, 0.3) is 0 Å². The number of hydrogen-bond donors (Lipinski definition) is 8. The lowest BCUT2D eigenvalue weighted by molar-refractivity contribution is -0.142. The van der Waals surface area contributed by atoms with Crippen LogP contribution in [-0.2, 0) is 24.0 Å². The number of carboxylic acid groups (broad SMARTS) is 1. The summed E-state index contributed by atoms with van der Waals surface area (Å²) < 4.78 is 0. The summed E-state index contributed by atoms with van der Waals surface area (Å²) in [6, 6.07) is -5.72. The highest BCUT2D eigenvalue weighted by atomic mass is 32.2. The number of nitrogens with two attached hydrogens (primary N) is 2. The Balaban J connectivity index is 5.38. The van der Waals surface area contributed by atoms with Crippen molar-refractivity contribution in [2.24, 2.45) is 11.5 Å². The van der Waals surface area contributed by atoms with Crippen LogP contribution in [0.1, 0.15) is 19.8 Å². The first-order valence-electron chi connectivity index (χ1n) is 8.90. The van der Waals surface area contributed by atoms with E-state index in [-0.39, 0.29) is 6.42 Å². The van der Waals surface area contributed by atoms with Crippen LogP contribution in [0.3, 0.4) is 0 Å². The summed E-state index contributed by atoms with van der Waals surface area (Å²) in [5.74, 6) is -4.76. The zero-order chi connectivity index (χ0) is 23.4. The lowest BCUT2D eigenvalue weighted by Gasteiger charge is -2.25. The molecular weight excluding hydrogens is 422 g/mol. The van der Waals surface area contributed by atoms with E-state index in [1.54, 1.807) is 6.26 Å². The fraction of sp³-hybridized carbons (Fsp3) is 0.688. The number of carbonyl (C=O) groups excluding carboxylic acids is 4. The maximum Gasteiger partial charge on any atom is 0.326 e. The maximum absolute atomic E-state index is 12.5. The first kappa shape index (κ1) is 27.6. The number of hydrogen-bond acceptors (Lipinski definition) is 9. The largest absolute Gasteiger partial charge is 0.480 e. The van der Waals surface area contributed by atoms with E-state index >= 15 is 0 Å². The van der Waals surface area contributed by atoms with Crippen molar-refractivity contribution in [3.05, 3.63) is 0 Å². The first-order valence-corrected chi connectivity index (χ1v) is 10.3. The third kappa shape index (κ3) is 9.87. The van der Waals surface area contributed by atoms with Gasteiger partial charge in [0.2, 0.25) is 23.6 Å². The molecule has 13 nitrogen and oxygen atoms in total. The highest BCUT2D eigenvalue weighted by Gasteiger charge is 2.32. The van der Waals surface area contributed by atoms with E-state index in [0.29, 0.717) is 5.75 Å². The highest BCUT2D eigenvalue weighted by Crippen LogP contribution is 2.04. The quantitative estimate of drug-likeness (QED) is 0.127. The molecule has 0 fully saturated rings. The molecule has 172 valence electrons. The number of aliphatic hydroxyl groups is 2. The van der Waals surface area contributed by atoms with Crippen LogP contribution in [-0.4, -0.2) is 93.8 Å². The second kappa shape index (κ2) is 13.7. The van der Waals surface area contributed by atoms with Gasteiger partial charge in [-0.2, -0.15) is 11.8 Å². The Morgan fingerprint density at radius 3 is 2.00 bits per heavy atom. The number of nitrogens with one attached hydrogen (secondary N) is 3. The Kier molecular flexibility index (Phi) is 12.6. The van der Waals surface area contributed by atoms with Gasteiger partial charge < -0.3 is 42.7 Å². The Morgan fingerprint density at radius 2 is 1.57 bits per heavy atom. The molecular formula is C16H29N5O8S. The topological polar surface area (TPSA) is 234 Å². The lowest BCUT2D eigenvalue weighted by atomic mass is 10.1. The Hall–Kier alpha value is -2.42. The summed E-state index contributed by atoms with van der Waals surface area (Å²) in [6.07, 6.45) is -0.219. The van der Waals surface area contributed by atoms with Crippen LogP contribution < -0.4 is 27.4 Å². The van der Waals surface area contributed by atoms with E-state index in [9.17, 15) is 34.2 Å². The Morgan fingerprint density at radius 1 is 1.00 bits per heavy atom. The van der Waals surface area contributed by atoms with Gasteiger partial charge in [0.15, 0.2) is 0 Å². The summed E-state index contributed by atoms with van der Waals surface area (Å²) in [7, 11) is 0. The van der Waals surface area contributed by atoms with Crippen molar-refractivity contribution in [3.63, 3.8) is 0 Å². The zero-order valence-electron chi connectivity index (χ0n) is 16.7. The van der Waals surface area contributed by atoms with Crippen LogP contribution in [0, 0.1) is 0 Å². The van der Waals surface area contributed by atoms with Gasteiger partial charge in [-0.25, -0.2) is 4.79 Å². The number of amides is 4. The molecule has 0 heterocycles. The van der Waals surface area contributed by atoms with Crippen molar-refractivity contribution in [2.45, 2.75) is 50.0 Å². The van der Waals surface area contributed by atoms with Crippen molar-refractivity contribution in [2.75, 3.05) is 18.6 Å². The molecule has 30 heavy (non-hydrogen) atoms. The number of rotatable bonds is 14. The summed E-state index contributed by atoms with van der Waals surface area (Å²) >= 11 is 1.37. The van der Waals surface area contributed by atoms with E-state index in [1.165, 1.54) is 18.7 Å². The highest BCUT2D eigenvalue weighted by molar-refractivity contribution is 7.98. The molecule has 0 aliphatic rings. The number of carbonyl (C=O) groups is 5. The number of carboxylic acids is 1. The fourth-order valence-corrected chi connectivity index (χ4v) is 2.66. The van der Waals surface area contributed by atoms with Gasteiger partial charge in [0, 0.05) is 0 Å². The second-order valence-corrected chi connectivity index (χ2v) is 7.41. The minimum Gasteiger partial charge on any atom is -0.480 e. The van der Waals surface area contributed by atoms with Crippen LogP contribution in [0.4, 0.5) is 0 Å². The van der Waals surface area contributed by atoms with Crippen molar-refractivity contribution >= 4 is 41.4 Å². The van der Waals surface area contributed by atoms with Gasteiger partial charge in [-0.3, -0.25) is 19.2 Å². The number of aliphatic hydroxyl groups excluding tert-OH is 2. The summed E-state index contributed by atoms with van der Waals surface area (Å²) in [4.78, 5) is 59.3. The molecule has 0 saturated heterocycles. The average Bonchev–Trinajstić information content (AvgIpc) is 2.66. The molecule has 0 aliphatic carbocycles. The van der Waals surface area contributed by atoms with Crippen LogP contribution in [0.5, 0.6) is 0 Å². The third-order valence-electron chi connectivity index (χ3n) is 3.86. The fourth-order valence-electron chi connectivity index (χ4n) is 2.19. The average molecular weight is 452 g/mol. The maximum atomic E-state index is 12.5. The van der Waals surface area contributed by atoms with Gasteiger partial charge >= 0.3 is 5.97 Å². The normalized spacial score (nSPS) is 15.8. The van der Waals surface area contributed by atoms with Gasteiger partial charge in [-0.05, 0) is 25.4 Å². The van der Waals surface area contributed by atoms with Crippen molar-refractivity contribution < 1.29 is 39.3 Å². The molecule has 0 spiro atoms. The monoisotopic (exact) mass is 451 g/mol. The molecule has 0 aromatic heterocycles. The van der Waals surface area contributed by atoms with E-state index in [0.717, 1.165) is 0 Å². The number of primary amides is 1. The molecule has 0 radical (unpaired) electrons. The van der Waals surface area contributed by atoms with E-state index in [4.69, 9.17) is 16.6 Å². The first-order chi connectivity index (χ1) is 13.9. The molecule has 4 amide bonds. The van der Waals surface area contributed by atoms with Gasteiger partial charge in [0.05, 0.1) is 19.1 Å². The van der Waals surface area contributed by atoms with Crippen LogP contribution in [0.25, 0.3) is 0 Å². The summed E-state index contributed by atoms with van der Waals surface area (Å²) in [5.41, 5.74) is 10.4. The SMILES string of the molecule is CSCCC(NC(=O)C(CC(N)=O)NC(=O)C(NC(=O)C(N)CO)C(C)O)C(=O)O. The molecule has 0 bridgehead atoms. The lowest BCUT2D eigenvalue weighted by Crippen LogP contribution is -2.60. The predicted molar refractivity (Wildman–Crippen MR) is 107 cm³/mol. The molecule has 0 saturated carbocycles. The molecule has 0 aromatic rings. The van der Waals surface area contributed by atoms with E-state index in [1.807, 2.05) is 0 Å². The smallest absolute Gasteiger partial charge is 0.326 e. The molecule has 5 atom stereocenters. The second-order valence-electron chi connectivity index (χ2n) is 6.43. The van der Waals surface area contributed by atoms with Crippen LogP contribution >= 0.6 is 11.8 Å². The predicted octanol–water partition coefficient (Wildman–Crippen LogP) is -4.15. The van der Waals surface area contributed by atoms with Gasteiger partial charge in [-0.1, -0.05) is 0 Å². The Labute approximate surface area is 177 Å². The molecule has 0 aromatic carbocycles. The molecule has 0 aliphatic heterocycles. The number of thioether (sulfide) groups is 1. The minimum absolute atomic E-state index is 0.102.